The third-order valence-corrected chi connectivity index (χ3v) is 4.69. The molecule has 0 atom stereocenters. The van der Waals surface area contributed by atoms with Crippen molar-refractivity contribution in [3.05, 3.63) is 23.8 Å². The van der Waals surface area contributed by atoms with Gasteiger partial charge in [-0.05, 0) is 37.7 Å². The van der Waals surface area contributed by atoms with Crippen molar-refractivity contribution in [2.24, 2.45) is 5.73 Å². The molecule has 0 unspecified atom stereocenters. The minimum Gasteiger partial charge on any atom is -0.390 e. The summed E-state index contributed by atoms with van der Waals surface area (Å²) in [6.07, 6.45) is 1.49. The average molecular weight is 293 g/mol. The summed E-state index contributed by atoms with van der Waals surface area (Å²) in [5.41, 5.74) is 7.09. The number of amidine groups is 1. The van der Waals surface area contributed by atoms with Crippen LogP contribution in [0.3, 0.4) is 0 Å². The van der Waals surface area contributed by atoms with Crippen LogP contribution in [0.15, 0.2) is 23.1 Å². The Balaban J connectivity index is 2.32. The number of hydrogen-bond acceptors (Lipinski definition) is 4. The molecular formula is C15H23N3OS. The number of hydrogen-bond donors (Lipinski definition) is 3. The van der Waals surface area contributed by atoms with Crippen LogP contribution in [-0.2, 0) is 0 Å². The first-order valence-electron chi connectivity index (χ1n) is 7.02. The van der Waals surface area contributed by atoms with Gasteiger partial charge in [0.15, 0.2) is 0 Å². The summed E-state index contributed by atoms with van der Waals surface area (Å²) in [6, 6.07) is 6.07. The van der Waals surface area contributed by atoms with Crippen LogP contribution in [0.2, 0.25) is 0 Å². The van der Waals surface area contributed by atoms with Gasteiger partial charge in [0.1, 0.15) is 5.84 Å². The molecule has 1 aliphatic rings. The van der Waals surface area contributed by atoms with Gasteiger partial charge in [0.25, 0.3) is 0 Å². The standard InChI is InChI=1S/C15H23N3OS/c1-3-20-12-6-4-5-11(13(12)14(16)17)18-9-7-15(2,19)8-10-18/h4-6,19H,3,7-10H2,1-2H3,(H3,16,17). The number of anilines is 1. The summed E-state index contributed by atoms with van der Waals surface area (Å²) < 4.78 is 0. The number of aliphatic hydroxyl groups is 1. The fourth-order valence-electron chi connectivity index (χ4n) is 2.56. The monoisotopic (exact) mass is 293 g/mol. The summed E-state index contributed by atoms with van der Waals surface area (Å²) in [7, 11) is 0. The van der Waals surface area contributed by atoms with E-state index >= 15 is 0 Å². The SMILES string of the molecule is CCSc1cccc(N2CCC(C)(O)CC2)c1C(=N)N. The zero-order valence-corrected chi connectivity index (χ0v) is 13.0. The van der Waals surface area contributed by atoms with Crippen LogP contribution in [0.4, 0.5) is 5.69 Å². The molecule has 2 rings (SSSR count). The predicted octanol–water partition coefficient (Wildman–Crippen LogP) is 2.43. The second-order valence-electron chi connectivity index (χ2n) is 5.48. The van der Waals surface area contributed by atoms with Crippen LogP contribution >= 0.6 is 11.8 Å². The molecule has 1 fully saturated rings. The number of nitrogens with zero attached hydrogens (tertiary/aromatic N) is 1. The lowest BCUT2D eigenvalue weighted by molar-refractivity contribution is 0.0351. The van der Waals surface area contributed by atoms with Crippen LogP contribution in [-0.4, -0.2) is 35.4 Å². The molecule has 4 N–H and O–H groups in total. The zero-order chi connectivity index (χ0) is 14.8. The number of thioether (sulfide) groups is 1. The van der Waals surface area contributed by atoms with Gasteiger partial charge in [0, 0.05) is 23.7 Å². The number of rotatable bonds is 4. The molecule has 1 saturated heterocycles. The molecule has 1 aliphatic heterocycles. The van der Waals surface area contributed by atoms with Gasteiger partial charge in [0.05, 0.1) is 11.2 Å². The van der Waals surface area contributed by atoms with E-state index in [2.05, 4.69) is 11.8 Å². The van der Waals surface area contributed by atoms with Crippen LogP contribution in [0.25, 0.3) is 0 Å². The molecule has 0 saturated carbocycles. The Morgan fingerprint density at radius 3 is 2.65 bits per heavy atom. The highest BCUT2D eigenvalue weighted by Gasteiger charge is 2.29. The molecule has 20 heavy (non-hydrogen) atoms. The van der Waals surface area contributed by atoms with E-state index < -0.39 is 5.60 Å². The normalized spacial score (nSPS) is 18.1. The summed E-state index contributed by atoms with van der Waals surface area (Å²) >= 11 is 1.71. The molecular weight excluding hydrogens is 270 g/mol. The van der Waals surface area contributed by atoms with Gasteiger partial charge in [-0.1, -0.05) is 13.0 Å². The van der Waals surface area contributed by atoms with Gasteiger partial charge < -0.3 is 15.7 Å². The van der Waals surface area contributed by atoms with Crippen LogP contribution < -0.4 is 10.6 Å². The van der Waals surface area contributed by atoms with E-state index in [-0.39, 0.29) is 5.84 Å². The molecule has 0 spiro atoms. The molecule has 110 valence electrons. The average Bonchev–Trinajstić information content (AvgIpc) is 2.38. The Hall–Kier alpha value is -1.20. The number of nitrogens with one attached hydrogen (secondary N) is 1. The van der Waals surface area contributed by atoms with E-state index in [1.807, 2.05) is 25.1 Å². The van der Waals surface area contributed by atoms with Crippen LogP contribution in [0.5, 0.6) is 0 Å². The summed E-state index contributed by atoms with van der Waals surface area (Å²) in [5, 5.41) is 17.9. The van der Waals surface area contributed by atoms with Crippen molar-refractivity contribution in [1.29, 1.82) is 5.41 Å². The summed E-state index contributed by atoms with van der Waals surface area (Å²) in [4.78, 5) is 3.30. The fourth-order valence-corrected chi connectivity index (χ4v) is 3.40. The first kappa shape index (κ1) is 15.2. The first-order valence-corrected chi connectivity index (χ1v) is 8.00. The van der Waals surface area contributed by atoms with Crippen molar-refractivity contribution in [2.75, 3.05) is 23.7 Å². The smallest absolute Gasteiger partial charge is 0.126 e. The van der Waals surface area contributed by atoms with E-state index in [0.717, 1.165) is 47.8 Å². The summed E-state index contributed by atoms with van der Waals surface area (Å²) in [6.45, 7) is 5.58. The predicted molar refractivity (Wildman–Crippen MR) is 85.9 cm³/mol. The number of nitrogens with two attached hydrogens (primary N) is 1. The fraction of sp³-hybridized carbons (Fsp3) is 0.533. The Bertz CT molecular complexity index is 492. The lowest BCUT2D eigenvalue weighted by Crippen LogP contribution is -2.43. The highest BCUT2D eigenvalue weighted by Crippen LogP contribution is 2.33. The number of nitrogen functional groups attached to an aromatic ring is 1. The Kier molecular flexibility index (Phi) is 4.60. The molecule has 5 heteroatoms. The van der Waals surface area contributed by atoms with Crippen molar-refractivity contribution in [3.8, 4) is 0 Å². The Morgan fingerprint density at radius 1 is 1.45 bits per heavy atom. The molecule has 0 aromatic heterocycles. The Labute approximate surface area is 124 Å². The molecule has 1 aromatic rings. The van der Waals surface area contributed by atoms with Gasteiger partial charge in [-0.2, -0.15) is 0 Å². The van der Waals surface area contributed by atoms with E-state index in [9.17, 15) is 5.11 Å². The van der Waals surface area contributed by atoms with Gasteiger partial charge in [0.2, 0.25) is 0 Å². The van der Waals surface area contributed by atoms with E-state index in [1.165, 1.54) is 0 Å². The van der Waals surface area contributed by atoms with E-state index in [1.54, 1.807) is 11.8 Å². The van der Waals surface area contributed by atoms with Crippen molar-refractivity contribution in [2.45, 2.75) is 37.2 Å². The number of benzene rings is 1. The van der Waals surface area contributed by atoms with Gasteiger partial charge >= 0.3 is 0 Å². The minimum absolute atomic E-state index is 0.119. The molecule has 0 radical (unpaired) electrons. The molecule has 1 aromatic carbocycles. The molecule has 0 bridgehead atoms. The van der Waals surface area contributed by atoms with Crippen molar-refractivity contribution in [3.63, 3.8) is 0 Å². The quantitative estimate of drug-likeness (QED) is 0.453. The molecule has 0 amide bonds. The second-order valence-corrected chi connectivity index (χ2v) is 6.79. The maximum atomic E-state index is 10.1. The van der Waals surface area contributed by atoms with Crippen molar-refractivity contribution in [1.82, 2.24) is 0 Å². The van der Waals surface area contributed by atoms with Crippen molar-refractivity contribution < 1.29 is 5.11 Å². The number of piperidine rings is 1. The third-order valence-electron chi connectivity index (χ3n) is 3.75. The molecule has 0 aliphatic carbocycles. The highest BCUT2D eigenvalue weighted by atomic mass is 32.2. The largest absolute Gasteiger partial charge is 0.390 e. The maximum Gasteiger partial charge on any atom is 0.126 e. The minimum atomic E-state index is -0.567. The highest BCUT2D eigenvalue weighted by molar-refractivity contribution is 7.99. The van der Waals surface area contributed by atoms with Gasteiger partial charge in [-0.25, -0.2) is 0 Å². The van der Waals surface area contributed by atoms with Gasteiger partial charge in [-0.15, -0.1) is 11.8 Å². The first-order chi connectivity index (χ1) is 9.44. The van der Waals surface area contributed by atoms with Crippen LogP contribution in [0.1, 0.15) is 32.3 Å². The zero-order valence-electron chi connectivity index (χ0n) is 12.1. The molecule has 4 nitrogen and oxygen atoms in total. The second kappa shape index (κ2) is 6.06. The third kappa shape index (κ3) is 3.27. The van der Waals surface area contributed by atoms with Crippen molar-refractivity contribution >= 4 is 23.3 Å². The Morgan fingerprint density at radius 2 is 2.10 bits per heavy atom. The van der Waals surface area contributed by atoms with Crippen LogP contribution in [0, 0.1) is 5.41 Å². The maximum absolute atomic E-state index is 10.1. The molecule has 1 heterocycles. The van der Waals surface area contributed by atoms with E-state index in [0.29, 0.717) is 0 Å². The topological polar surface area (TPSA) is 73.3 Å². The van der Waals surface area contributed by atoms with Gasteiger partial charge in [-0.3, -0.25) is 5.41 Å². The lowest BCUT2D eigenvalue weighted by Gasteiger charge is -2.38. The van der Waals surface area contributed by atoms with E-state index in [4.69, 9.17) is 11.1 Å². The lowest BCUT2D eigenvalue weighted by atomic mass is 9.93. The summed E-state index contributed by atoms with van der Waals surface area (Å²) in [5.74, 6) is 1.08.